The number of likely N-dealkylation sites (tertiary alicyclic amines) is 1. The third kappa shape index (κ3) is 4.27. The molecule has 2 N–H and O–H groups in total. The summed E-state index contributed by atoms with van der Waals surface area (Å²) in [5.41, 5.74) is 2.23. The van der Waals surface area contributed by atoms with Crippen molar-refractivity contribution >= 4 is 50.0 Å². The molecule has 6 nitrogen and oxygen atoms in total. The minimum absolute atomic E-state index is 0.0190. The van der Waals surface area contributed by atoms with E-state index in [-0.39, 0.29) is 27.7 Å². The number of hydrogen-bond donors (Lipinski definition) is 2. The van der Waals surface area contributed by atoms with Crippen molar-refractivity contribution in [3.05, 3.63) is 46.2 Å². The van der Waals surface area contributed by atoms with Crippen molar-refractivity contribution in [2.75, 3.05) is 13.1 Å². The van der Waals surface area contributed by atoms with Gasteiger partial charge in [-0.15, -0.1) is 0 Å². The maximum atomic E-state index is 13.8. The molecule has 3 fully saturated rings. The van der Waals surface area contributed by atoms with E-state index in [1.807, 2.05) is 13.0 Å². The van der Waals surface area contributed by atoms with Gasteiger partial charge in [-0.1, -0.05) is 0 Å². The Hall–Kier alpha value is -1.76. The Morgan fingerprint density at radius 1 is 1.32 bits per heavy atom. The monoisotopic (exact) mass is 635 g/mol. The molecule has 0 aromatic carbocycles. The number of hydrogen-bond acceptors (Lipinski definition) is 6. The number of alkyl halides is 3. The van der Waals surface area contributed by atoms with Crippen LogP contribution < -0.4 is 5.32 Å². The Labute approximate surface area is 229 Å². The molecule has 1 amide bonds. The number of aryl methyl sites for hydroxylation is 1. The van der Waals surface area contributed by atoms with E-state index in [1.165, 1.54) is 44.8 Å². The Balaban J connectivity index is 1.40. The van der Waals surface area contributed by atoms with Gasteiger partial charge in [-0.25, -0.2) is 4.98 Å². The smallest absolute Gasteiger partial charge is 0.316 e. The Morgan fingerprint density at radius 2 is 2.11 bits per heavy atom. The predicted octanol–water partition coefficient (Wildman–Crippen LogP) is 4.09. The average molecular weight is 634 g/mol. The van der Waals surface area contributed by atoms with Gasteiger partial charge >= 0.3 is 175 Å². The van der Waals surface area contributed by atoms with Crippen LogP contribution in [0.2, 0.25) is 3.43 Å². The number of aliphatic hydroxyl groups excluding tert-OH is 1. The van der Waals surface area contributed by atoms with Crippen LogP contribution in [-0.4, -0.2) is 67.7 Å². The van der Waals surface area contributed by atoms with E-state index in [9.17, 15) is 23.1 Å². The number of fused-ring (bicyclic) bond motifs is 2. The van der Waals surface area contributed by atoms with Gasteiger partial charge in [0.15, 0.2) is 0 Å². The van der Waals surface area contributed by atoms with Crippen molar-refractivity contribution in [2.45, 2.75) is 49.1 Å². The number of pyridine rings is 2. The minimum Gasteiger partial charge on any atom is -0.316 e. The van der Waals surface area contributed by atoms with Gasteiger partial charge in [-0.05, 0) is 32.4 Å². The van der Waals surface area contributed by atoms with Crippen LogP contribution in [0.25, 0.3) is 21.3 Å². The second-order valence-corrected chi connectivity index (χ2v) is 14.8. The Bertz CT molecular complexity index is 1400. The van der Waals surface area contributed by atoms with Crippen LogP contribution in [0.5, 0.6) is 0 Å². The predicted molar refractivity (Wildman–Crippen MR) is 135 cm³/mol. The average Bonchev–Trinajstić information content (AvgIpc) is 3.28. The van der Waals surface area contributed by atoms with E-state index < -0.39 is 18.1 Å². The molecular weight excluding hydrogens is 608 g/mol. The van der Waals surface area contributed by atoms with Gasteiger partial charge < -0.3 is 5.32 Å². The molecule has 37 heavy (non-hydrogen) atoms. The third-order valence-electron chi connectivity index (χ3n) is 8.13. The van der Waals surface area contributed by atoms with E-state index in [2.05, 4.69) is 15.3 Å². The molecule has 6 rings (SSSR count). The topological polar surface area (TPSA) is 78.4 Å². The fourth-order valence-electron chi connectivity index (χ4n) is 6.08. The van der Waals surface area contributed by atoms with Crippen LogP contribution in [-0.2, 0) is 23.9 Å². The number of aromatic nitrogens is 2. The van der Waals surface area contributed by atoms with Crippen LogP contribution in [0.15, 0.2) is 24.4 Å². The van der Waals surface area contributed by atoms with Crippen LogP contribution in [0.1, 0.15) is 35.2 Å². The van der Waals surface area contributed by atoms with E-state index in [0.717, 1.165) is 34.7 Å². The fourth-order valence-corrected chi connectivity index (χ4v) is 8.75. The molecule has 11 heteroatoms. The molecular formula is C26H26F3N4O2SSn+. The molecule has 2 radical (unpaired) electrons. The maximum absolute atomic E-state index is 13.8. The van der Waals surface area contributed by atoms with Gasteiger partial charge in [0, 0.05) is 0 Å². The zero-order valence-corrected chi connectivity index (χ0v) is 24.1. The molecule has 0 spiro atoms. The van der Waals surface area contributed by atoms with Crippen molar-refractivity contribution in [1.29, 1.82) is 0 Å². The number of nitrogens with one attached hydrogen (secondary N) is 1. The first-order chi connectivity index (χ1) is 17.5. The SMILES string of the molecule is Cc1nc(C(F)(F)F)cc(-c2ccnc3cc(CN4C(=O)C5C(C4O)[C]5(C)[Sn+])sc23)c1CC1CCNC1. The van der Waals surface area contributed by atoms with Crippen molar-refractivity contribution in [2.24, 2.45) is 17.8 Å². The molecule has 0 bridgehead atoms. The standard InChI is InChI=1S/C26H26F3N4O2S.Sn/c1-12-21-22(12)25(35)33(24(21)34)11-15-8-19-23(36-15)16(4-6-31-19)18-9-20(26(27,28)29)32-13(2)17(18)7-14-3-5-30-10-14;/h4,6,8-9,14,21-22,24,30,34H,3,5,7,10-11H2,1-2H3;/q;+1. The van der Waals surface area contributed by atoms with Crippen LogP contribution in [0, 0.1) is 24.7 Å². The van der Waals surface area contributed by atoms with Gasteiger partial charge in [-0.3, -0.25) is 0 Å². The Morgan fingerprint density at radius 3 is 2.76 bits per heavy atom. The molecule has 5 heterocycles. The van der Waals surface area contributed by atoms with Gasteiger partial charge in [0.2, 0.25) is 0 Å². The van der Waals surface area contributed by atoms with Crippen molar-refractivity contribution < 1.29 is 23.1 Å². The van der Waals surface area contributed by atoms with Gasteiger partial charge in [0.25, 0.3) is 0 Å². The quantitative estimate of drug-likeness (QED) is 0.414. The van der Waals surface area contributed by atoms with Crippen molar-refractivity contribution in [3.63, 3.8) is 0 Å². The number of halogens is 3. The summed E-state index contributed by atoms with van der Waals surface area (Å²) in [4.78, 5) is 23.7. The first-order valence-corrected chi connectivity index (χ1v) is 14.6. The summed E-state index contributed by atoms with van der Waals surface area (Å²) in [6.45, 7) is 5.71. The minimum atomic E-state index is -4.55. The zero-order valence-electron chi connectivity index (χ0n) is 20.4. The summed E-state index contributed by atoms with van der Waals surface area (Å²) in [5, 5.41) is 14.1. The number of amides is 1. The summed E-state index contributed by atoms with van der Waals surface area (Å²) < 4.78 is 42.0. The van der Waals surface area contributed by atoms with Gasteiger partial charge in [0.1, 0.15) is 0 Å². The summed E-state index contributed by atoms with van der Waals surface area (Å²) in [7, 11) is 0. The van der Waals surface area contributed by atoms with Gasteiger partial charge in [0.05, 0.1) is 0 Å². The number of rotatable bonds is 5. The molecule has 2 aliphatic heterocycles. The normalized spacial score (nSPS) is 29.4. The summed E-state index contributed by atoms with van der Waals surface area (Å²) >= 11 is 2.68. The van der Waals surface area contributed by atoms with Gasteiger partial charge in [-0.2, -0.15) is 13.2 Å². The second-order valence-electron chi connectivity index (χ2n) is 10.6. The fraction of sp³-hybridized carbons (Fsp3) is 0.500. The molecule has 1 aliphatic carbocycles. The zero-order chi connectivity index (χ0) is 26.3. The number of carbonyl (C=O) groups is 1. The molecule has 2 saturated heterocycles. The third-order valence-corrected chi connectivity index (χ3v) is 11.1. The molecule has 5 atom stereocenters. The van der Waals surface area contributed by atoms with E-state index in [0.29, 0.717) is 34.7 Å². The molecule has 5 unspecified atom stereocenters. The molecule has 3 aliphatic rings. The van der Waals surface area contributed by atoms with Crippen LogP contribution in [0.3, 0.4) is 0 Å². The Kier molecular flexibility index (Phi) is 6.13. The summed E-state index contributed by atoms with van der Waals surface area (Å²) in [5.74, 6) is 0.188. The number of aliphatic hydroxyl groups is 1. The first kappa shape index (κ1) is 25.5. The second kappa shape index (κ2) is 8.89. The van der Waals surface area contributed by atoms with E-state index in [1.54, 1.807) is 19.2 Å². The van der Waals surface area contributed by atoms with Crippen molar-refractivity contribution in [3.8, 4) is 11.1 Å². The molecule has 192 valence electrons. The first-order valence-electron chi connectivity index (χ1n) is 12.4. The number of nitrogens with zero attached hydrogens (tertiary/aromatic N) is 3. The summed E-state index contributed by atoms with van der Waals surface area (Å²) in [6.07, 6.45) is -2.11. The van der Waals surface area contributed by atoms with Crippen LogP contribution >= 0.6 is 11.3 Å². The number of thiophene rings is 1. The van der Waals surface area contributed by atoms with E-state index in [4.69, 9.17) is 0 Å². The van der Waals surface area contributed by atoms with Crippen LogP contribution in [0.4, 0.5) is 13.2 Å². The van der Waals surface area contributed by atoms with E-state index >= 15 is 0 Å². The number of carbonyl (C=O) groups excluding carboxylic acids is 1. The number of piperidine rings is 1. The van der Waals surface area contributed by atoms with Crippen molar-refractivity contribution in [1.82, 2.24) is 20.2 Å². The molecule has 3 aromatic heterocycles. The summed E-state index contributed by atoms with van der Waals surface area (Å²) in [6, 6.07) is 4.82. The molecule has 1 saturated carbocycles. The molecule has 3 aromatic rings.